The molecule has 1 saturated heterocycles. The molecule has 1 aliphatic heterocycles. The van der Waals surface area contributed by atoms with Crippen LogP contribution in [0.3, 0.4) is 0 Å². The third-order valence-electron chi connectivity index (χ3n) is 8.04. The Hall–Kier alpha value is -4.97. The molecule has 0 aliphatic carbocycles. The topological polar surface area (TPSA) is 137 Å². The van der Waals surface area contributed by atoms with Gasteiger partial charge in [0.1, 0.15) is 24.4 Å². The zero-order valence-corrected chi connectivity index (χ0v) is 26.4. The first-order valence-electron chi connectivity index (χ1n) is 14.7. The lowest BCUT2D eigenvalue weighted by Gasteiger charge is -2.43. The normalized spacial score (nSPS) is 15.8. The highest BCUT2D eigenvalue weighted by atomic mass is 19.2. The van der Waals surface area contributed by atoms with Gasteiger partial charge in [0.25, 0.3) is 0 Å². The fourth-order valence-electron chi connectivity index (χ4n) is 5.45. The Bertz CT molecular complexity index is 1730. The van der Waals surface area contributed by atoms with E-state index in [9.17, 15) is 14.4 Å². The van der Waals surface area contributed by atoms with Gasteiger partial charge in [0.15, 0.2) is 46.5 Å². The van der Waals surface area contributed by atoms with E-state index in [-0.39, 0.29) is 6.61 Å². The summed E-state index contributed by atoms with van der Waals surface area (Å²) >= 11 is 0. The van der Waals surface area contributed by atoms with Gasteiger partial charge in [0, 0.05) is 43.6 Å². The lowest BCUT2D eigenvalue weighted by atomic mass is 9.94. The van der Waals surface area contributed by atoms with E-state index in [4.69, 9.17) is 16.2 Å². The van der Waals surface area contributed by atoms with Gasteiger partial charge >= 0.3 is 18.0 Å². The number of benzene rings is 3. The first kappa shape index (κ1) is 37.8. The Balaban J connectivity index is 1.83. The maximum Gasteiger partial charge on any atom is 0.410 e. The minimum absolute atomic E-state index is 0.291. The van der Waals surface area contributed by atoms with Gasteiger partial charge in [-0.15, -0.1) is 0 Å². The van der Waals surface area contributed by atoms with Crippen LogP contribution in [0, 0.1) is 46.5 Å². The van der Waals surface area contributed by atoms with Crippen molar-refractivity contribution in [2.75, 3.05) is 38.8 Å². The summed E-state index contributed by atoms with van der Waals surface area (Å²) in [5.74, 6) is -19.0. The minimum Gasteiger partial charge on any atom is -0.468 e. The van der Waals surface area contributed by atoms with E-state index in [1.54, 1.807) is 30.3 Å². The molecule has 4 N–H and O–H groups in total. The zero-order valence-electron chi connectivity index (χ0n) is 26.4. The summed E-state index contributed by atoms with van der Waals surface area (Å²) in [4.78, 5) is 37.6. The maximum atomic E-state index is 15.8. The number of hydrogen-bond donors (Lipinski definition) is 2. The van der Waals surface area contributed by atoms with Crippen LogP contribution in [0.4, 0.5) is 45.6 Å². The molecular formula is C32H30F8N4O6. The summed E-state index contributed by atoms with van der Waals surface area (Å²) < 4.78 is 138. The Morgan fingerprint density at radius 1 is 0.720 bits per heavy atom. The fourth-order valence-corrected chi connectivity index (χ4v) is 5.45. The van der Waals surface area contributed by atoms with Crippen LogP contribution in [0.25, 0.3) is 0 Å². The van der Waals surface area contributed by atoms with E-state index in [1.807, 2.05) is 0 Å². The lowest BCUT2D eigenvalue weighted by molar-refractivity contribution is -0.143. The van der Waals surface area contributed by atoms with E-state index < -0.39 is 138 Å². The van der Waals surface area contributed by atoms with Crippen molar-refractivity contribution in [3.8, 4) is 0 Å². The molecule has 1 heterocycles. The van der Waals surface area contributed by atoms with Crippen molar-refractivity contribution in [1.29, 1.82) is 0 Å². The van der Waals surface area contributed by atoms with E-state index in [2.05, 4.69) is 9.47 Å². The van der Waals surface area contributed by atoms with Crippen molar-refractivity contribution in [1.82, 2.24) is 4.90 Å². The first-order chi connectivity index (χ1) is 23.6. The summed E-state index contributed by atoms with van der Waals surface area (Å²) in [6.07, 6.45) is -3.27. The molecular weight excluding hydrogens is 688 g/mol. The summed E-state index contributed by atoms with van der Waals surface area (Å²) in [6.45, 7) is -2.60. The monoisotopic (exact) mass is 718 g/mol. The molecule has 1 fully saturated rings. The highest BCUT2D eigenvalue weighted by Crippen LogP contribution is 2.41. The fraction of sp³-hybridized carbons (Fsp3) is 0.344. The number of carbonyl (C=O) groups is 3. The van der Waals surface area contributed by atoms with Crippen molar-refractivity contribution in [3.05, 3.63) is 99.1 Å². The second kappa shape index (κ2) is 15.7. The van der Waals surface area contributed by atoms with Crippen LogP contribution in [0.5, 0.6) is 0 Å². The molecule has 1 unspecified atom stereocenters. The number of amides is 1. The maximum absolute atomic E-state index is 15.8. The second-order valence-corrected chi connectivity index (χ2v) is 11.1. The Labute approximate surface area is 279 Å². The highest BCUT2D eigenvalue weighted by Gasteiger charge is 2.42. The summed E-state index contributed by atoms with van der Waals surface area (Å²) in [6, 6.07) is 2.42. The van der Waals surface area contributed by atoms with Crippen molar-refractivity contribution in [3.63, 3.8) is 0 Å². The largest absolute Gasteiger partial charge is 0.468 e. The van der Waals surface area contributed by atoms with Crippen LogP contribution in [0.1, 0.15) is 28.3 Å². The molecule has 0 saturated carbocycles. The van der Waals surface area contributed by atoms with E-state index in [1.165, 1.54) is 0 Å². The first-order valence-corrected chi connectivity index (χ1v) is 14.7. The third-order valence-corrected chi connectivity index (χ3v) is 8.04. The molecule has 3 aromatic carbocycles. The van der Waals surface area contributed by atoms with Crippen LogP contribution in [0.15, 0.2) is 30.3 Å². The van der Waals surface area contributed by atoms with Gasteiger partial charge < -0.3 is 35.5 Å². The van der Waals surface area contributed by atoms with Crippen LogP contribution in [0.2, 0.25) is 0 Å². The average molecular weight is 719 g/mol. The van der Waals surface area contributed by atoms with Crippen LogP contribution in [-0.2, 0) is 43.2 Å². The molecule has 0 aromatic heterocycles. The SMILES string of the molecule is COC(=O)[C@H](N)Cc1c(F)c(F)c(C2CN(C(=O)OCc3ccccc3)CCN2c2c(F)c(F)c(C[C@@H](N)C(=O)OC)c(F)c2F)c(F)c1F. The molecule has 0 bridgehead atoms. The number of esters is 2. The number of hydrogen-bond acceptors (Lipinski definition) is 9. The van der Waals surface area contributed by atoms with Gasteiger partial charge in [-0.25, -0.2) is 39.9 Å². The molecule has 1 amide bonds. The molecule has 18 heteroatoms. The minimum atomic E-state index is -2.24. The standard InChI is InChI=1S/C32H30F8N4O6/c1-48-30(45)17(41)10-15-21(33)25(37)20(26(38)22(15)34)19-12-43(32(47)50-13-14-6-4-3-5-7-14)8-9-44(19)29-27(39)23(35)16(24(36)28(29)40)11-18(42)31(46)49-2/h3-7,17-19H,8-13,41-42H2,1-2H3/t17-,18-,19?/m1/s1. The Morgan fingerprint density at radius 3 is 1.64 bits per heavy atom. The van der Waals surface area contributed by atoms with Gasteiger partial charge in [-0.2, -0.15) is 0 Å². The average Bonchev–Trinajstić information content (AvgIpc) is 3.12. The smallest absolute Gasteiger partial charge is 0.410 e. The van der Waals surface area contributed by atoms with Crippen LogP contribution in [-0.4, -0.2) is 68.9 Å². The lowest BCUT2D eigenvalue weighted by Crippen LogP contribution is -2.52. The van der Waals surface area contributed by atoms with Crippen molar-refractivity contribution < 1.29 is 63.7 Å². The second-order valence-electron chi connectivity index (χ2n) is 11.1. The molecule has 0 spiro atoms. The number of ether oxygens (including phenoxy) is 3. The molecule has 10 nitrogen and oxygen atoms in total. The van der Waals surface area contributed by atoms with E-state index >= 15 is 35.1 Å². The van der Waals surface area contributed by atoms with Gasteiger partial charge in [0.05, 0.1) is 25.8 Å². The zero-order chi connectivity index (χ0) is 37.0. The summed E-state index contributed by atoms with van der Waals surface area (Å²) in [5.41, 5.74) is 5.87. The number of piperazine rings is 1. The van der Waals surface area contributed by atoms with E-state index in [0.29, 0.717) is 10.5 Å². The van der Waals surface area contributed by atoms with Gasteiger partial charge in [-0.05, 0) is 5.56 Å². The predicted octanol–water partition coefficient (Wildman–Crippen LogP) is 4.09. The van der Waals surface area contributed by atoms with Gasteiger partial charge in [0.2, 0.25) is 0 Å². The number of methoxy groups -OCH3 is 2. The van der Waals surface area contributed by atoms with Gasteiger partial charge in [-0.3, -0.25) is 9.59 Å². The molecule has 50 heavy (non-hydrogen) atoms. The third kappa shape index (κ3) is 7.45. The quantitative estimate of drug-likeness (QED) is 0.138. The number of carbonyl (C=O) groups excluding carboxylic acids is 3. The van der Waals surface area contributed by atoms with Crippen molar-refractivity contribution in [2.45, 2.75) is 37.6 Å². The molecule has 1 aliphatic rings. The Kier molecular flexibility index (Phi) is 11.9. The number of nitrogens with two attached hydrogens (primary N) is 2. The van der Waals surface area contributed by atoms with Crippen LogP contribution >= 0.6 is 0 Å². The van der Waals surface area contributed by atoms with Crippen LogP contribution < -0.4 is 16.4 Å². The molecule has 4 rings (SSSR count). The summed E-state index contributed by atoms with van der Waals surface area (Å²) in [7, 11) is 1.80. The number of halogens is 8. The molecule has 270 valence electrons. The predicted molar refractivity (Wildman–Crippen MR) is 158 cm³/mol. The molecule has 3 atom stereocenters. The number of nitrogens with zero attached hydrogens (tertiary/aromatic N) is 2. The Morgan fingerprint density at radius 2 is 1.18 bits per heavy atom. The van der Waals surface area contributed by atoms with E-state index in [0.717, 1.165) is 19.1 Å². The molecule has 0 radical (unpaired) electrons. The summed E-state index contributed by atoms with van der Waals surface area (Å²) in [5, 5.41) is 0. The molecule has 3 aromatic rings. The number of anilines is 1. The highest BCUT2D eigenvalue weighted by molar-refractivity contribution is 5.76. The van der Waals surface area contributed by atoms with Crippen molar-refractivity contribution >= 4 is 23.7 Å². The number of rotatable bonds is 10. The van der Waals surface area contributed by atoms with Gasteiger partial charge in [-0.1, -0.05) is 30.3 Å². The van der Waals surface area contributed by atoms with Crippen molar-refractivity contribution in [2.24, 2.45) is 11.5 Å².